The molecule has 1 fully saturated rings. The summed E-state index contributed by atoms with van der Waals surface area (Å²) in [7, 11) is 0. The number of nitrogens with one attached hydrogen (secondary N) is 1. The quantitative estimate of drug-likeness (QED) is 0.850. The van der Waals surface area contributed by atoms with Crippen molar-refractivity contribution in [2.75, 3.05) is 6.54 Å². The van der Waals surface area contributed by atoms with Crippen LogP contribution in [0.3, 0.4) is 0 Å². The van der Waals surface area contributed by atoms with Crippen LogP contribution in [0.4, 0.5) is 8.78 Å². The zero-order valence-electron chi connectivity index (χ0n) is 11.1. The summed E-state index contributed by atoms with van der Waals surface area (Å²) in [6.07, 6.45) is 4.19. The molecule has 19 heavy (non-hydrogen) atoms. The lowest BCUT2D eigenvalue weighted by Gasteiger charge is -2.38. The Balaban J connectivity index is 2.09. The van der Waals surface area contributed by atoms with Crippen LogP contribution in [0.5, 0.6) is 0 Å². The second kappa shape index (κ2) is 5.78. The summed E-state index contributed by atoms with van der Waals surface area (Å²) in [6.45, 7) is 2.34. The van der Waals surface area contributed by atoms with Crippen LogP contribution >= 0.6 is 0 Å². The van der Waals surface area contributed by atoms with Gasteiger partial charge in [-0.25, -0.2) is 8.78 Å². The van der Waals surface area contributed by atoms with Crippen molar-refractivity contribution in [3.8, 4) is 0 Å². The normalized spacial score (nSPS) is 27.2. The molecule has 2 rings (SSSR count). The summed E-state index contributed by atoms with van der Waals surface area (Å²) in [5.41, 5.74) is 0.160. The van der Waals surface area contributed by atoms with Crippen LogP contribution in [0.25, 0.3) is 0 Å². The molecule has 4 heteroatoms. The summed E-state index contributed by atoms with van der Waals surface area (Å²) in [4.78, 5) is 10.3. The Morgan fingerprint density at radius 3 is 2.68 bits per heavy atom. The van der Waals surface area contributed by atoms with E-state index in [9.17, 15) is 13.6 Å². The van der Waals surface area contributed by atoms with Gasteiger partial charge >= 0.3 is 0 Å². The van der Waals surface area contributed by atoms with Crippen molar-refractivity contribution in [2.45, 2.75) is 44.1 Å². The molecular weight excluding hydrogens is 248 g/mol. The van der Waals surface area contributed by atoms with Crippen LogP contribution < -0.4 is 5.32 Å². The summed E-state index contributed by atoms with van der Waals surface area (Å²) in [5.74, 6) is -0.720. The van der Waals surface area contributed by atoms with Crippen molar-refractivity contribution < 1.29 is 13.6 Å². The van der Waals surface area contributed by atoms with Gasteiger partial charge in [-0.1, -0.05) is 6.92 Å². The number of hydrogen-bond acceptors (Lipinski definition) is 2. The Bertz CT molecular complexity index is 453. The Kier molecular flexibility index (Phi) is 4.30. The van der Waals surface area contributed by atoms with E-state index in [4.69, 9.17) is 0 Å². The highest BCUT2D eigenvalue weighted by molar-refractivity contribution is 5.51. The van der Waals surface area contributed by atoms with Crippen molar-refractivity contribution in [2.24, 2.45) is 0 Å². The number of halogens is 2. The zero-order chi connectivity index (χ0) is 13.9. The Hall–Kier alpha value is -1.29. The molecule has 1 aliphatic carbocycles. The van der Waals surface area contributed by atoms with E-state index in [2.05, 4.69) is 5.32 Å². The van der Waals surface area contributed by atoms with Gasteiger partial charge < -0.3 is 10.1 Å². The van der Waals surface area contributed by atoms with Gasteiger partial charge in [-0.2, -0.15) is 0 Å². The number of carbonyl (C=O) groups is 1. The first-order valence-corrected chi connectivity index (χ1v) is 6.68. The van der Waals surface area contributed by atoms with Crippen molar-refractivity contribution in [3.05, 3.63) is 35.4 Å². The van der Waals surface area contributed by atoms with Gasteiger partial charge in [0.05, 0.1) is 6.54 Å². The van der Waals surface area contributed by atoms with Crippen molar-refractivity contribution in [1.82, 2.24) is 5.32 Å². The zero-order valence-corrected chi connectivity index (χ0v) is 11.1. The van der Waals surface area contributed by atoms with Crippen LogP contribution in [-0.2, 0) is 10.2 Å². The molecule has 0 saturated heterocycles. The third-order valence-electron chi connectivity index (χ3n) is 4.16. The van der Waals surface area contributed by atoms with Crippen LogP contribution in [0, 0.1) is 11.6 Å². The third-order valence-corrected chi connectivity index (χ3v) is 4.16. The molecule has 1 aromatic carbocycles. The Morgan fingerprint density at radius 1 is 1.37 bits per heavy atom. The molecule has 2 nitrogen and oxygen atoms in total. The lowest BCUT2D eigenvalue weighted by Crippen LogP contribution is -2.39. The van der Waals surface area contributed by atoms with E-state index in [1.165, 1.54) is 12.1 Å². The van der Waals surface area contributed by atoms with E-state index in [-0.39, 0.29) is 17.0 Å². The van der Waals surface area contributed by atoms with Crippen LogP contribution in [-0.4, -0.2) is 18.9 Å². The second-order valence-corrected chi connectivity index (χ2v) is 5.53. The Morgan fingerprint density at radius 2 is 2.05 bits per heavy atom. The van der Waals surface area contributed by atoms with E-state index in [1.54, 1.807) is 0 Å². The average molecular weight is 267 g/mol. The molecule has 0 bridgehead atoms. The first-order chi connectivity index (χ1) is 9.05. The van der Waals surface area contributed by atoms with Gasteiger partial charge in [0, 0.05) is 6.04 Å². The highest BCUT2D eigenvalue weighted by Crippen LogP contribution is 2.40. The SMILES string of the molecule is CC1(c2cc(F)ccc2F)CCC(NCC=O)CC1. The first-order valence-electron chi connectivity index (χ1n) is 6.68. The lowest BCUT2D eigenvalue weighted by atomic mass is 9.69. The van der Waals surface area contributed by atoms with Crippen LogP contribution in [0.1, 0.15) is 38.2 Å². The van der Waals surface area contributed by atoms with Crippen molar-refractivity contribution in [3.63, 3.8) is 0 Å². The number of carbonyl (C=O) groups excluding carboxylic acids is 1. The summed E-state index contributed by atoms with van der Waals surface area (Å²) >= 11 is 0. The van der Waals surface area contributed by atoms with Gasteiger partial charge in [0.25, 0.3) is 0 Å². The molecule has 0 aromatic heterocycles. The van der Waals surface area contributed by atoms with Crippen molar-refractivity contribution >= 4 is 6.29 Å². The second-order valence-electron chi connectivity index (χ2n) is 5.53. The molecule has 0 radical (unpaired) electrons. The number of hydrogen-bond donors (Lipinski definition) is 1. The number of benzene rings is 1. The molecule has 0 unspecified atom stereocenters. The van der Waals surface area contributed by atoms with Crippen molar-refractivity contribution in [1.29, 1.82) is 0 Å². The van der Waals surface area contributed by atoms with Gasteiger partial charge in [-0.15, -0.1) is 0 Å². The smallest absolute Gasteiger partial charge is 0.133 e. The number of aldehydes is 1. The molecule has 1 saturated carbocycles. The van der Waals surface area contributed by atoms with Gasteiger partial charge in [0.1, 0.15) is 17.9 Å². The molecule has 1 N–H and O–H groups in total. The molecule has 1 aromatic rings. The minimum Gasteiger partial charge on any atom is -0.307 e. The molecule has 0 spiro atoms. The van der Waals surface area contributed by atoms with E-state index in [0.29, 0.717) is 18.2 Å². The predicted octanol–water partition coefficient (Wildman–Crippen LogP) is 2.95. The van der Waals surface area contributed by atoms with Crippen LogP contribution in [0.15, 0.2) is 18.2 Å². The molecule has 0 atom stereocenters. The standard InChI is InChI=1S/C15H19F2NO/c1-15(13-10-11(16)2-3-14(13)17)6-4-12(5-7-15)18-8-9-19/h2-3,9-10,12,18H,4-8H2,1H3. The highest BCUT2D eigenvalue weighted by atomic mass is 19.1. The van der Waals surface area contributed by atoms with Gasteiger partial charge in [0.15, 0.2) is 0 Å². The fraction of sp³-hybridized carbons (Fsp3) is 0.533. The van der Waals surface area contributed by atoms with Gasteiger partial charge in [0.2, 0.25) is 0 Å². The maximum Gasteiger partial charge on any atom is 0.133 e. The molecule has 0 aliphatic heterocycles. The fourth-order valence-corrected chi connectivity index (χ4v) is 2.90. The maximum absolute atomic E-state index is 13.9. The maximum atomic E-state index is 13.9. The van der Waals surface area contributed by atoms with E-state index < -0.39 is 0 Å². The first kappa shape index (κ1) is 14.1. The lowest BCUT2D eigenvalue weighted by molar-refractivity contribution is -0.107. The minimum atomic E-state index is -0.390. The number of rotatable bonds is 4. The topological polar surface area (TPSA) is 29.1 Å². The average Bonchev–Trinajstić information content (AvgIpc) is 2.41. The summed E-state index contributed by atoms with van der Waals surface area (Å²) in [5, 5.41) is 3.15. The minimum absolute atomic E-state index is 0.301. The van der Waals surface area contributed by atoms with Gasteiger partial charge in [-0.3, -0.25) is 0 Å². The summed E-state index contributed by atoms with van der Waals surface area (Å²) in [6, 6.07) is 3.97. The van der Waals surface area contributed by atoms with Gasteiger partial charge in [-0.05, 0) is 54.9 Å². The molecule has 104 valence electrons. The van der Waals surface area contributed by atoms with Crippen LogP contribution in [0.2, 0.25) is 0 Å². The van der Waals surface area contributed by atoms with E-state index >= 15 is 0 Å². The monoisotopic (exact) mass is 267 g/mol. The molecule has 0 heterocycles. The largest absolute Gasteiger partial charge is 0.307 e. The molecular formula is C15H19F2NO. The van der Waals surface area contributed by atoms with E-state index in [1.807, 2.05) is 6.92 Å². The highest BCUT2D eigenvalue weighted by Gasteiger charge is 2.34. The Labute approximate surface area is 112 Å². The summed E-state index contributed by atoms with van der Waals surface area (Å²) < 4.78 is 27.2. The van der Waals surface area contributed by atoms with E-state index in [0.717, 1.165) is 38.0 Å². The molecule has 1 aliphatic rings. The third kappa shape index (κ3) is 3.18. The predicted molar refractivity (Wildman–Crippen MR) is 70.0 cm³/mol. The molecule has 0 amide bonds. The fourth-order valence-electron chi connectivity index (χ4n) is 2.90.